The van der Waals surface area contributed by atoms with Gasteiger partial charge in [0.05, 0.1) is 16.6 Å². The third kappa shape index (κ3) is 5.50. The molecule has 39 heavy (non-hydrogen) atoms. The number of aryl methyl sites for hydroxylation is 3. The van der Waals surface area contributed by atoms with Crippen molar-refractivity contribution in [2.45, 2.75) is 51.6 Å². The summed E-state index contributed by atoms with van der Waals surface area (Å²) in [6, 6.07) is 13.8. The first-order valence-electron chi connectivity index (χ1n) is 13.4. The summed E-state index contributed by atoms with van der Waals surface area (Å²) in [6.45, 7) is 5.79. The maximum atomic E-state index is 13.8. The predicted octanol–water partition coefficient (Wildman–Crippen LogP) is 5.99. The second kappa shape index (κ2) is 11.0. The van der Waals surface area contributed by atoms with Gasteiger partial charge >= 0.3 is 0 Å². The van der Waals surface area contributed by atoms with E-state index in [4.69, 9.17) is 11.6 Å². The Morgan fingerprint density at radius 2 is 1.62 bits per heavy atom. The Kier molecular flexibility index (Phi) is 7.63. The Morgan fingerprint density at radius 3 is 2.31 bits per heavy atom. The van der Waals surface area contributed by atoms with Gasteiger partial charge in [-0.1, -0.05) is 17.7 Å². The van der Waals surface area contributed by atoms with E-state index < -0.39 is 5.82 Å². The highest BCUT2D eigenvalue weighted by Gasteiger charge is 2.32. The fourth-order valence-corrected chi connectivity index (χ4v) is 6.18. The second-order valence-corrected chi connectivity index (χ2v) is 11.2. The molecule has 8 heteroatoms. The average Bonchev–Trinajstić information content (AvgIpc) is 3.35. The summed E-state index contributed by atoms with van der Waals surface area (Å²) in [6.07, 6.45) is 3.33. The molecule has 3 aromatic rings. The van der Waals surface area contributed by atoms with Crippen LogP contribution in [0.25, 0.3) is 0 Å². The van der Waals surface area contributed by atoms with Gasteiger partial charge in [0.1, 0.15) is 5.82 Å². The number of halogens is 2. The third-order valence-electron chi connectivity index (χ3n) is 8.15. The van der Waals surface area contributed by atoms with E-state index in [9.17, 15) is 14.0 Å². The normalized spacial score (nSPS) is 17.2. The van der Waals surface area contributed by atoms with Crippen LogP contribution in [0.3, 0.4) is 0 Å². The number of carbonyl (C=O) groups excluding carboxylic acids is 2. The standard InChI is InChI=1S/C31H34ClFN4O2/c1-19-15-25(16-20(2)34-19)37-13-11-24(12-14-37)35(3)30(38)22-6-5-21-7-10-29(26(21)17-22)36(4)31(39)27-18-23(33)8-9-28(27)32/h5-6,8-9,15-18,24,29H,7,10-14H2,1-4H3. The van der Waals surface area contributed by atoms with Gasteiger partial charge < -0.3 is 14.7 Å². The molecule has 0 radical (unpaired) electrons. The first-order valence-corrected chi connectivity index (χ1v) is 13.8. The lowest BCUT2D eigenvalue weighted by Gasteiger charge is -2.38. The molecule has 1 fully saturated rings. The molecule has 2 heterocycles. The third-order valence-corrected chi connectivity index (χ3v) is 8.48. The van der Waals surface area contributed by atoms with Gasteiger partial charge in [0.15, 0.2) is 0 Å². The van der Waals surface area contributed by atoms with Crippen LogP contribution in [0.1, 0.15) is 68.5 Å². The van der Waals surface area contributed by atoms with Crippen molar-refractivity contribution in [3.63, 3.8) is 0 Å². The van der Waals surface area contributed by atoms with Crippen LogP contribution in [0.2, 0.25) is 5.02 Å². The molecule has 5 rings (SSSR count). The molecule has 0 saturated carbocycles. The van der Waals surface area contributed by atoms with Crippen LogP contribution in [0.15, 0.2) is 48.5 Å². The second-order valence-electron chi connectivity index (χ2n) is 10.8. The maximum absolute atomic E-state index is 13.8. The fourth-order valence-electron chi connectivity index (χ4n) is 5.98. The fraction of sp³-hybridized carbons (Fsp3) is 0.387. The molecule has 0 N–H and O–H groups in total. The number of carbonyl (C=O) groups is 2. The first kappa shape index (κ1) is 27.1. The van der Waals surface area contributed by atoms with Crippen molar-refractivity contribution < 1.29 is 14.0 Å². The molecule has 1 unspecified atom stereocenters. The van der Waals surface area contributed by atoms with Gasteiger partial charge in [-0.25, -0.2) is 4.39 Å². The number of fused-ring (bicyclic) bond motifs is 1. The predicted molar refractivity (Wildman–Crippen MR) is 152 cm³/mol. The van der Waals surface area contributed by atoms with Crippen molar-refractivity contribution in [2.24, 2.45) is 0 Å². The highest BCUT2D eigenvalue weighted by atomic mass is 35.5. The van der Waals surface area contributed by atoms with Crippen molar-refractivity contribution in [3.05, 3.63) is 93.0 Å². The Morgan fingerprint density at radius 1 is 0.923 bits per heavy atom. The lowest BCUT2D eigenvalue weighted by molar-refractivity contribution is 0.0709. The van der Waals surface area contributed by atoms with E-state index in [1.165, 1.54) is 23.9 Å². The summed E-state index contributed by atoms with van der Waals surface area (Å²) in [7, 11) is 3.60. The number of aromatic nitrogens is 1. The van der Waals surface area contributed by atoms with E-state index >= 15 is 0 Å². The van der Waals surface area contributed by atoms with Gasteiger partial charge in [0.25, 0.3) is 11.8 Å². The summed E-state index contributed by atoms with van der Waals surface area (Å²) in [5.41, 5.74) is 6.08. The van der Waals surface area contributed by atoms with Crippen LogP contribution in [0.4, 0.5) is 10.1 Å². The van der Waals surface area contributed by atoms with Gasteiger partial charge in [0, 0.05) is 55.9 Å². The van der Waals surface area contributed by atoms with E-state index in [0.29, 0.717) is 5.56 Å². The van der Waals surface area contributed by atoms with Crippen LogP contribution in [0, 0.1) is 19.7 Å². The van der Waals surface area contributed by atoms with Crippen LogP contribution in [0.5, 0.6) is 0 Å². The van der Waals surface area contributed by atoms with Gasteiger partial charge in [-0.3, -0.25) is 14.6 Å². The number of hydrogen-bond donors (Lipinski definition) is 0. The molecule has 1 saturated heterocycles. The van der Waals surface area contributed by atoms with E-state index in [2.05, 4.69) is 22.0 Å². The van der Waals surface area contributed by atoms with Crippen LogP contribution >= 0.6 is 11.6 Å². The minimum absolute atomic E-state index is 0.0142. The molecule has 1 aliphatic carbocycles. The molecule has 2 aromatic carbocycles. The average molecular weight is 549 g/mol. The van der Waals surface area contributed by atoms with Crippen molar-refractivity contribution in [2.75, 3.05) is 32.1 Å². The molecule has 0 bridgehead atoms. The summed E-state index contributed by atoms with van der Waals surface area (Å²) < 4.78 is 13.8. The molecule has 2 aliphatic rings. The summed E-state index contributed by atoms with van der Waals surface area (Å²) in [5, 5.41) is 0.220. The largest absolute Gasteiger partial charge is 0.371 e. The summed E-state index contributed by atoms with van der Waals surface area (Å²) in [5.74, 6) is -0.854. The molecule has 1 atom stereocenters. The molecule has 1 aliphatic heterocycles. The first-order chi connectivity index (χ1) is 18.6. The summed E-state index contributed by atoms with van der Waals surface area (Å²) in [4.78, 5) is 37.1. The van der Waals surface area contributed by atoms with Crippen LogP contribution in [-0.2, 0) is 6.42 Å². The topological polar surface area (TPSA) is 56.8 Å². The zero-order valence-corrected chi connectivity index (χ0v) is 23.6. The van der Waals surface area contributed by atoms with Crippen LogP contribution in [-0.4, -0.2) is 59.8 Å². The smallest absolute Gasteiger partial charge is 0.255 e. The van der Waals surface area contributed by atoms with E-state index in [0.717, 1.165) is 61.3 Å². The van der Waals surface area contributed by atoms with Gasteiger partial charge in [-0.05, 0) is 93.1 Å². The zero-order valence-electron chi connectivity index (χ0n) is 22.9. The number of rotatable bonds is 5. The number of benzene rings is 2. The molecule has 0 spiro atoms. The number of hydrogen-bond acceptors (Lipinski definition) is 4. The number of anilines is 1. The number of nitrogens with zero attached hydrogens (tertiary/aromatic N) is 4. The maximum Gasteiger partial charge on any atom is 0.255 e. The minimum Gasteiger partial charge on any atom is -0.371 e. The number of piperidine rings is 1. The molecular weight excluding hydrogens is 515 g/mol. The highest BCUT2D eigenvalue weighted by Crippen LogP contribution is 2.37. The Labute approximate surface area is 234 Å². The van der Waals surface area contributed by atoms with Gasteiger partial charge in [-0.15, -0.1) is 0 Å². The van der Waals surface area contributed by atoms with E-state index in [1.807, 2.05) is 44.0 Å². The van der Waals surface area contributed by atoms with Crippen molar-refractivity contribution in [3.8, 4) is 0 Å². The molecule has 6 nitrogen and oxygen atoms in total. The summed E-state index contributed by atoms with van der Waals surface area (Å²) >= 11 is 6.20. The molecule has 2 amide bonds. The Bertz CT molecular complexity index is 1400. The van der Waals surface area contributed by atoms with E-state index in [-0.39, 0.29) is 34.5 Å². The monoisotopic (exact) mass is 548 g/mol. The molecule has 204 valence electrons. The quantitative estimate of drug-likeness (QED) is 0.393. The lowest BCUT2D eigenvalue weighted by Crippen LogP contribution is -2.45. The van der Waals surface area contributed by atoms with E-state index in [1.54, 1.807) is 11.9 Å². The Balaban J connectivity index is 1.28. The number of pyridine rings is 1. The van der Waals surface area contributed by atoms with Crippen molar-refractivity contribution >= 4 is 29.1 Å². The SMILES string of the molecule is Cc1cc(N2CCC(N(C)C(=O)c3ccc4c(c3)C(N(C)C(=O)c3cc(F)ccc3Cl)CC4)CC2)cc(C)n1. The zero-order chi connectivity index (χ0) is 27.8. The van der Waals surface area contributed by atoms with Crippen molar-refractivity contribution in [1.29, 1.82) is 0 Å². The van der Waals surface area contributed by atoms with Gasteiger partial charge in [0.2, 0.25) is 0 Å². The van der Waals surface area contributed by atoms with Crippen LogP contribution < -0.4 is 4.90 Å². The molecular formula is C31H34ClFN4O2. The number of amides is 2. The van der Waals surface area contributed by atoms with Gasteiger partial charge in [-0.2, -0.15) is 0 Å². The highest BCUT2D eigenvalue weighted by molar-refractivity contribution is 6.33. The Hall–Kier alpha value is -3.45. The lowest BCUT2D eigenvalue weighted by atomic mass is 9.99. The minimum atomic E-state index is -0.504. The molecule has 1 aromatic heterocycles. The van der Waals surface area contributed by atoms with Crippen molar-refractivity contribution in [1.82, 2.24) is 14.8 Å².